The molecule has 5 aromatic carbocycles. The van der Waals surface area contributed by atoms with Crippen molar-refractivity contribution in [1.82, 2.24) is 19.9 Å². The van der Waals surface area contributed by atoms with Gasteiger partial charge in [0.25, 0.3) is 0 Å². The molecule has 0 bridgehead atoms. The summed E-state index contributed by atoms with van der Waals surface area (Å²) in [6.45, 7) is 13.4. The SMILES string of the molecule is CC(C)(C)c1c[c-]c(-c2[c-]c(-c3ncnc(-c4cccc5c4[n-]c4ccccc45)n3)cc(-c3ccc(C(C)(C)C)cc3)c2)cc1.[Au+3]. The molecule has 0 radical (unpaired) electrons. The molecule has 2 aromatic heterocycles. The molecule has 7 aromatic rings. The fourth-order valence-electron chi connectivity index (χ4n) is 5.76. The maximum atomic E-state index is 4.99. The van der Waals surface area contributed by atoms with Crippen LogP contribution in [0, 0.1) is 12.1 Å². The van der Waals surface area contributed by atoms with Gasteiger partial charge in [-0.1, -0.05) is 119 Å². The predicted molar refractivity (Wildman–Crippen MR) is 185 cm³/mol. The summed E-state index contributed by atoms with van der Waals surface area (Å²) in [5.41, 5.74) is 10.3. The first kappa shape index (κ1) is 31.6. The maximum Gasteiger partial charge on any atom is 3.00 e. The Bertz CT molecular complexity index is 2090. The molecule has 0 saturated carbocycles. The van der Waals surface area contributed by atoms with Crippen LogP contribution in [-0.2, 0) is 33.2 Å². The van der Waals surface area contributed by atoms with Gasteiger partial charge in [0.1, 0.15) is 6.33 Å². The first-order valence-electron chi connectivity index (χ1n) is 15.4. The summed E-state index contributed by atoms with van der Waals surface area (Å²) in [7, 11) is 0. The largest absolute Gasteiger partial charge is 3.00 e. The Morgan fingerprint density at radius 2 is 1.28 bits per heavy atom. The normalized spacial score (nSPS) is 12.0. The minimum Gasteiger partial charge on any atom is -0.656 e. The van der Waals surface area contributed by atoms with Gasteiger partial charge in [0, 0.05) is 5.56 Å². The molecule has 0 aliphatic rings. The smallest absolute Gasteiger partial charge is 0.656 e. The number of para-hydroxylation sites is 2. The minimum absolute atomic E-state index is 0. The number of benzene rings is 5. The topological polar surface area (TPSA) is 52.8 Å². The van der Waals surface area contributed by atoms with Gasteiger partial charge in [-0.15, -0.1) is 28.7 Å². The van der Waals surface area contributed by atoms with E-state index in [1.54, 1.807) is 6.33 Å². The van der Waals surface area contributed by atoms with E-state index >= 15 is 0 Å². The second kappa shape index (κ2) is 12.1. The van der Waals surface area contributed by atoms with Crippen molar-refractivity contribution in [2.75, 3.05) is 0 Å². The molecule has 5 heteroatoms. The zero-order valence-electron chi connectivity index (χ0n) is 26.9. The molecule has 46 heavy (non-hydrogen) atoms. The van der Waals surface area contributed by atoms with Crippen molar-refractivity contribution >= 4 is 21.8 Å². The number of hydrogen-bond donors (Lipinski definition) is 0. The van der Waals surface area contributed by atoms with Gasteiger partial charge >= 0.3 is 22.4 Å². The first-order valence-corrected chi connectivity index (χ1v) is 15.4. The monoisotopic (exact) mass is 780 g/mol. The van der Waals surface area contributed by atoms with E-state index in [2.05, 4.69) is 130 Å². The fraction of sp³-hybridized carbons (Fsp3) is 0.195. The molecular formula is C41H35AuN4. The van der Waals surface area contributed by atoms with Gasteiger partial charge in [-0.3, -0.25) is 4.98 Å². The third-order valence-corrected chi connectivity index (χ3v) is 8.44. The zero-order valence-corrected chi connectivity index (χ0v) is 29.1. The molecule has 230 valence electrons. The van der Waals surface area contributed by atoms with Crippen LogP contribution >= 0.6 is 0 Å². The van der Waals surface area contributed by atoms with Crippen molar-refractivity contribution < 1.29 is 22.4 Å². The average Bonchev–Trinajstić information content (AvgIpc) is 3.43. The van der Waals surface area contributed by atoms with Crippen LogP contribution in [0.25, 0.3) is 66.8 Å². The van der Waals surface area contributed by atoms with Crippen LogP contribution in [0.5, 0.6) is 0 Å². The predicted octanol–water partition coefficient (Wildman–Crippen LogP) is 10.00. The quantitative estimate of drug-likeness (QED) is 0.132. The van der Waals surface area contributed by atoms with E-state index in [9.17, 15) is 0 Å². The van der Waals surface area contributed by atoms with Crippen LogP contribution in [0.15, 0.2) is 103 Å². The Balaban J connectivity index is 0.00000372. The van der Waals surface area contributed by atoms with Crippen LogP contribution in [0.4, 0.5) is 0 Å². The molecule has 0 saturated heterocycles. The molecule has 0 fully saturated rings. The average molecular weight is 781 g/mol. The van der Waals surface area contributed by atoms with Gasteiger partial charge in [-0.05, 0) is 32.7 Å². The number of fused-ring (bicyclic) bond motifs is 3. The molecule has 0 atom stereocenters. The summed E-state index contributed by atoms with van der Waals surface area (Å²) in [6, 6.07) is 41.0. The first-order chi connectivity index (χ1) is 21.5. The van der Waals surface area contributed by atoms with E-state index < -0.39 is 0 Å². The van der Waals surface area contributed by atoms with Crippen LogP contribution in [0.2, 0.25) is 0 Å². The molecule has 0 aliphatic carbocycles. The molecule has 7 rings (SSSR count). The summed E-state index contributed by atoms with van der Waals surface area (Å²) < 4.78 is 0. The Hall–Kier alpha value is -4.35. The Kier molecular flexibility index (Phi) is 8.32. The third-order valence-electron chi connectivity index (χ3n) is 8.44. The van der Waals surface area contributed by atoms with Gasteiger partial charge < -0.3 is 4.98 Å². The van der Waals surface area contributed by atoms with E-state index in [0.29, 0.717) is 11.6 Å². The number of nitrogens with zero attached hydrogens (tertiary/aromatic N) is 4. The van der Waals surface area contributed by atoms with Crippen molar-refractivity contribution in [3.8, 4) is 45.0 Å². The van der Waals surface area contributed by atoms with E-state index in [0.717, 1.165) is 55.2 Å². The molecule has 0 spiro atoms. The summed E-state index contributed by atoms with van der Waals surface area (Å²) in [5, 5.41) is 2.22. The molecule has 0 aliphatic heterocycles. The van der Waals surface area contributed by atoms with Gasteiger partial charge in [-0.25, -0.2) is 15.5 Å². The van der Waals surface area contributed by atoms with Crippen LogP contribution in [0.1, 0.15) is 52.7 Å². The van der Waals surface area contributed by atoms with E-state index in [-0.39, 0.29) is 33.2 Å². The molecule has 0 unspecified atom stereocenters. The van der Waals surface area contributed by atoms with Crippen LogP contribution < -0.4 is 4.98 Å². The standard InChI is InChI=1S/C41H35N4.Au/c1-40(2,3)31-18-14-26(15-19-31)28-22-29(27-16-20-32(21-17-27)41(4,5)6)24-30(23-28)38-42-25-43-39(45-38)35-12-9-11-34-33-10-7-8-13-36(33)44-37(34)35;/h7-16,18-23,25H,1-6H3;/q-3;+3. The molecule has 2 heterocycles. The van der Waals surface area contributed by atoms with Gasteiger partial charge in [0.2, 0.25) is 0 Å². The Morgan fingerprint density at radius 1 is 0.609 bits per heavy atom. The second-order valence-electron chi connectivity index (χ2n) is 13.7. The van der Waals surface area contributed by atoms with E-state index in [4.69, 9.17) is 9.97 Å². The van der Waals surface area contributed by atoms with Crippen molar-refractivity contribution in [3.05, 3.63) is 127 Å². The summed E-state index contributed by atoms with van der Waals surface area (Å²) >= 11 is 0. The van der Waals surface area contributed by atoms with Crippen LogP contribution in [0.3, 0.4) is 0 Å². The second-order valence-corrected chi connectivity index (χ2v) is 13.7. The third kappa shape index (κ3) is 6.09. The number of rotatable bonds is 4. The fourth-order valence-corrected chi connectivity index (χ4v) is 5.76. The molecule has 4 nitrogen and oxygen atoms in total. The summed E-state index contributed by atoms with van der Waals surface area (Å²) in [5.74, 6) is 1.15. The molecular weight excluding hydrogens is 745 g/mol. The van der Waals surface area contributed by atoms with Crippen molar-refractivity contribution in [3.63, 3.8) is 0 Å². The zero-order chi connectivity index (χ0) is 31.3. The van der Waals surface area contributed by atoms with Crippen molar-refractivity contribution in [2.45, 2.75) is 52.4 Å². The Labute approximate surface area is 286 Å². The maximum absolute atomic E-state index is 4.99. The van der Waals surface area contributed by atoms with Gasteiger partial charge in [-0.2, -0.15) is 35.9 Å². The number of hydrogen-bond acceptors (Lipinski definition) is 3. The Morgan fingerprint density at radius 3 is 2.00 bits per heavy atom. The number of aromatic nitrogens is 4. The molecule has 0 amide bonds. The van der Waals surface area contributed by atoms with Crippen molar-refractivity contribution in [1.29, 1.82) is 0 Å². The van der Waals surface area contributed by atoms with Gasteiger partial charge in [0.05, 0.1) is 5.82 Å². The van der Waals surface area contributed by atoms with Crippen LogP contribution in [-0.4, -0.2) is 15.0 Å². The summed E-state index contributed by atoms with van der Waals surface area (Å²) in [4.78, 5) is 19.2. The minimum atomic E-state index is 0. The van der Waals surface area contributed by atoms with E-state index in [1.807, 2.05) is 30.3 Å². The summed E-state index contributed by atoms with van der Waals surface area (Å²) in [6.07, 6.45) is 1.59. The van der Waals surface area contributed by atoms with Crippen molar-refractivity contribution in [2.24, 2.45) is 0 Å². The van der Waals surface area contributed by atoms with Gasteiger partial charge in [0.15, 0.2) is 5.82 Å². The van der Waals surface area contributed by atoms with E-state index in [1.165, 1.54) is 11.1 Å². The molecule has 0 N–H and O–H groups in total.